The summed E-state index contributed by atoms with van der Waals surface area (Å²) < 4.78 is 0. The van der Waals surface area contributed by atoms with Crippen LogP contribution in [0.25, 0.3) is 0 Å². The van der Waals surface area contributed by atoms with E-state index in [1.807, 2.05) is 0 Å². The van der Waals surface area contributed by atoms with E-state index in [1.165, 1.54) is 0 Å². The summed E-state index contributed by atoms with van der Waals surface area (Å²) >= 11 is 0. The highest BCUT2D eigenvalue weighted by molar-refractivity contribution is 5.74. The number of amides is 2. The van der Waals surface area contributed by atoms with Gasteiger partial charge in [-0.15, -0.1) is 0 Å². The third-order valence-electron chi connectivity index (χ3n) is 3.30. The molecule has 1 aliphatic carbocycles. The smallest absolute Gasteiger partial charge is 0.318 e. The summed E-state index contributed by atoms with van der Waals surface area (Å²) in [5, 5.41) is 2.59. The molecule has 0 radical (unpaired) electrons. The van der Waals surface area contributed by atoms with Gasteiger partial charge < -0.3 is 27.4 Å². The molecule has 1 fully saturated rings. The average molecular weight is 229 g/mol. The second-order valence-electron chi connectivity index (χ2n) is 4.34. The molecule has 2 unspecified atom stereocenters. The molecule has 0 aromatic rings. The number of hydrogen-bond acceptors (Lipinski definition) is 4. The van der Waals surface area contributed by atoms with Crippen LogP contribution in [0.15, 0.2) is 0 Å². The van der Waals surface area contributed by atoms with Crippen molar-refractivity contribution in [2.45, 2.75) is 37.4 Å². The highest BCUT2D eigenvalue weighted by Gasteiger charge is 2.42. The van der Waals surface area contributed by atoms with E-state index in [4.69, 9.17) is 17.2 Å². The van der Waals surface area contributed by atoms with Gasteiger partial charge in [0, 0.05) is 26.2 Å². The molecule has 6 nitrogen and oxygen atoms in total. The topological polar surface area (TPSA) is 110 Å². The standard InChI is InChI=1S/C10H23N5O/c1-14-9(16)15(7-6-11)10(13)5-3-2-4-8(10)12/h8H,2-7,11-13H2,1H3,(H,14,16). The Kier molecular flexibility index (Phi) is 4.52. The zero-order valence-electron chi connectivity index (χ0n) is 9.91. The molecule has 94 valence electrons. The van der Waals surface area contributed by atoms with Crippen molar-refractivity contribution in [3.8, 4) is 0 Å². The summed E-state index contributed by atoms with van der Waals surface area (Å²) in [6.45, 7) is 0.822. The Balaban J connectivity index is 2.85. The normalized spacial score (nSPS) is 29.9. The lowest BCUT2D eigenvalue weighted by molar-refractivity contribution is 0.0679. The molecule has 6 heteroatoms. The number of carbonyl (C=O) groups is 1. The van der Waals surface area contributed by atoms with Crippen LogP contribution in [0.5, 0.6) is 0 Å². The molecule has 0 aliphatic heterocycles. The fourth-order valence-corrected chi connectivity index (χ4v) is 2.31. The zero-order chi connectivity index (χ0) is 12.2. The van der Waals surface area contributed by atoms with E-state index in [0.29, 0.717) is 13.1 Å². The molecule has 1 aliphatic rings. The second kappa shape index (κ2) is 5.47. The summed E-state index contributed by atoms with van der Waals surface area (Å²) in [4.78, 5) is 13.4. The maximum Gasteiger partial charge on any atom is 0.318 e. The number of nitrogens with zero attached hydrogens (tertiary/aromatic N) is 1. The van der Waals surface area contributed by atoms with Crippen LogP contribution in [0.3, 0.4) is 0 Å². The van der Waals surface area contributed by atoms with Crippen LogP contribution in [0.4, 0.5) is 4.79 Å². The quantitative estimate of drug-likeness (QED) is 0.472. The van der Waals surface area contributed by atoms with Crippen molar-refractivity contribution in [3.63, 3.8) is 0 Å². The summed E-state index contributed by atoms with van der Waals surface area (Å²) in [6, 6.07) is -0.379. The van der Waals surface area contributed by atoms with Crippen LogP contribution < -0.4 is 22.5 Å². The lowest BCUT2D eigenvalue weighted by atomic mass is 9.84. The molecule has 0 saturated heterocycles. The van der Waals surface area contributed by atoms with Gasteiger partial charge in [0.2, 0.25) is 0 Å². The van der Waals surface area contributed by atoms with Crippen LogP contribution in [0.1, 0.15) is 25.7 Å². The molecule has 7 N–H and O–H groups in total. The monoisotopic (exact) mass is 229 g/mol. The van der Waals surface area contributed by atoms with Gasteiger partial charge in [0.15, 0.2) is 0 Å². The van der Waals surface area contributed by atoms with Gasteiger partial charge in [-0.05, 0) is 19.3 Å². The van der Waals surface area contributed by atoms with Crippen molar-refractivity contribution >= 4 is 6.03 Å². The van der Waals surface area contributed by atoms with Gasteiger partial charge in [-0.2, -0.15) is 0 Å². The second-order valence-corrected chi connectivity index (χ2v) is 4.34. The van der Waals surface area contributed by atoms with E-state index in [-0.39, 0.29) is 12.1 Å². The first-order valence-electron chi connectivity index (χ1n) is 5.80. The van der Waals surface area contributed by atoms with Crippen molar-refractivity contribution < 1.29 is 4.79 Å². The predicted octanol–water partition coefficient (Wildman–Crippen LogP) is -0.857. The maximum absolute atomic E-state index is 11.8. The molecule has 2 atom stereocenters. The average Bonchev–Trinajstić information content (AvgIpc) is 2.29. The zero-order valence-corrected chi connectivity index (χ0v) is 9.91. The minimum atomic E-state index is -0.752. The van der Waals surface area contributed by atoms with E-state index in [1.54, 1.807) is 11.9 Å². The Labute approximate surface area is 96.5 Å². The third-order valence-corrected chi connectivity index (χ3v) is 3.30. The van der Waals surface area contributed by atoms with Crippen molar-refractivity contribution in [1.82, 2.24) is 10.2 Å². The van der Waals surface area contributed by atoms with E-state index in [9.17, 15) is 4.79 Å². The van der Waals surface area contributed by atoms with E-state index >= 15 is 0 Å². The Morgan fingerprint density at radius 2 is 2.25 bits per heavy atom. The molecule has 0 spiro atoms. The van der Waals surface area contributed by atoms with Gasteiger partial charge in [0.05, 0.1) is 0 Å². The van der Waals surface area contributed by atoms with Gasteiger partial charge in [0.1, 0.15) is 5.66 Å². The maximum atomic E-state index is 11.8. The van der Waals surface area contributed by atoms with E-state index in [0.717, 1.165) is 25.7 Å². The highest BCUT2D eigenvalue weighted by Crippen LogP contribution is 2.28. The van der Waals surface area contributed by atoms with Gasteiger partial charge in [0.25, 0.3) is 0 Å². The number of nitrogens with two attached hydrogens (primary N) is 3. The van der Waals surface area contributed by atoms with Gasteiger partial charge in [-0.25, -0.2) is 4.79 Å². The SMILES string of the molecule is CNC(=O)N(CCN)C1(N)CCCCC1N. The van der Waals surface area contributed by atoms with Crippen molar-refractivity contribution in [3.05, 3.63) is 0 Å². The highest BCUT2D eigenvalue weighted by atomic mass is 16.2. The number of urea groups is 1. The van der Waals surface area contributed by atoms with Gasteiger partial charge in [-0.1, -0.05) is 6.42 Å². The van der Waals surface area contributed by atoms with Crippen LogP contribution in [0.2, 0.25) is 0 Å². The van der Waals surface area contributed by atoms with Crippen molar-refractivity contribution in [2.24, 2.45) is 17.2 Å². The minimum Gasteiger partial charge on any atom is -0.341 e. The Bertz CT molecular complexity index is 247. The predicted molar refractivity (Wildman–Crippen MR) is 63.6 cm³/mol. The molecule has 0 aromatic heterocycles. The Hall–Kier alpha value is -0.850. The first-order chi connectivity index (χ1) is 7.56. The minimum absolute atomic E-state index is 0.176. The number of nitrogens with one attached hydrogen (secondary N) is 1. The number of carbonyl (C=O) groups excluding carboxylic acids is 1. The summed E-state index contributed by atoms with van der Waals surface area (Å²) in [6.07, 6.45) is 3.67. The fraction of sp³-hybridized carbons (Fsp3) is 0.900. The molecule has 16 heavy (non-hydrogen) atoms. The van der Waals surface area contributed by atoms with E-state index in [2.05, 4.69) is 5.32 Å². The Morgan fingerprint density at radius 3 is 2.75 bits per heavy atom. The van der Waals surface area contributed by atoms with Crippen LogP contribution in [-0.2, 0) is 0 Å². The molecule has 0 heterocycles. The van der Waals surface area contributed by atoms with Crippen LogP contribution in [0, 0.1) is 0 Å². The molecule has 2 amide bonds. The van der Waals surface area contributed by atoms with E-state index < -0.39 is 5.66 Å². The van der Waals surface area contributed by atoms with Crippen molar-refractivity contribution in [2.75, 3.05) is 20.1 Å². The third kappa shape index (κ3) is 2.45. The number of rotatable bonds is 3. The van der Waals surface area contributed by atoms with Crippen LogP contribution >= 0.6 is 0 Å². The lowest BCUT2D eigenvalue weighted by Crippen LogP contribution is -2.70. The molecule has 1 saturated carbocycles. The first-order valence-corrected chi connectivity index (χ1v) is 5.80. The largest absolute Gasteiger partial charge is 0.341 e. The lowest BCUT2D eigenvalue weighted by Gasteiger charge is -2.47. The Morgan fingerprint density at radius 1 is 1.56 bits per heavy atom. The summed E-state index contributed by atoms with van der Waals surface area (Å²) in [5.41, 5.74) is 17.1. The molecular formula is C10H23N5O. The van der Waals surface area contributed by atoms with Crippen LogP contribution in [-0.4, -0.2) is 42.8 Å². The molecular weight excluding hydrogens is 206 g/mol. The summed E-state index contributed by atoms with van der Waals surface area (Å²) in [7, 11) is 1.59. The molecule has 0 bridgehead atoms. The van der Waals surface area contributed by atoms with Gasteiger partial charge in [-0.3, -0.25) is 0 Å². The first kappa shape index (κ1) is 13.2. The molecule has 0 aromatic carbocycles. The van der Waals surface area contributed by atoms with Crippen molar-refractivity contribution in [1.29, 1.82) is 0 Å². The van der Waals surface area contributed by atoms with Gasteiger partial charge >= 0.3 is 6.03 Å². The fourth-order valence-electron chi connectivity index (χ4n) is 2.31. The molecule has 1 rings (SSSR count). The summed E-state index contributed by atoms with van der Waals surface area (Å²) in [5.74, 6) is 0. The number of hydrogen-bond donors (Lipinski definition) is 4.